The second-order valence-corrected chi connectivity index (χ2v) is 9.47. The Balaban J connectivity index is 1.82. The number of hydrogen-bond acceptors (Lipinski definition) is 2. The number of benzene rings is 2. The van der Waals surface area contributed by atoms with E-state index in [9.17, 15) is 14.0 Å². The number of carbonyl (C=O) groups excluding carboxylic acids is 2. The molecule has 1 aliphatic rings. The minimum absolute atomic E-state index is 0.00113. The summed E-state index contributed by atoms with van der Waals surface area (Å²) in [6.07, 6.45) is 0.738. The van der Waals surface area contributed by atoms with E-state index in [0.29, 0.717) is 12.1 Å². The second kappa shape index (κ2) is 9.09. The van der Waals surface area contributed by atoms with Crippen LogP contribution in [0, 0.1) is 11.7 Å². The molecule has 1 saturated carbocycles. The molecule has 2 atom stereocenters. The minimum atomic E-state index is -1.40. The second-order valence-electron chi connectivity index (χ2n) is 6.83. The van der Waals surface area contributed by atoms with Gasteiger partial charge in [-0.25, -0.2) is 4.39 Å². The Morgan fingerprint density at radius 1 is 1.10 bits per heavy atom. The first-order chi connectivity index (χ1) is 14.1. The summed E-state index contributed by atoms with van der Waals surface area (Å²) in [4.78, 5) is 25.2. The molecule has 0 spiro atoms. The summed E-state index contributed by atoms with van der Waals surface area (Å²) in [5.41, 5.74) is 0.790. The van der Waals surface area contributed by atoms with Gasteiger partial charge in [0.05, 0.1) is 32.2 Å². The van der Waals surface area contributed by atoms with Gasteiger partial charge in [-0.3, -0.25) is 9.59 Å². The third-order valence-electron chi connectivity index (χ3n) is 4.75. The van der Waals surface area contributed by atoms with Gasteiger partial charge in [0.25, 0.3) is 5.91 Å². The van der Waals surface area contributed by atoms with Gasteiger partial charge in [0, 0.05) is 12.5 Å². The summed E-state index contributed by atoms with van der Waals surface area (Å²) in [5.74, 6) is -2.95. The molecule has 10 heteroatoms. The predicted octanol–water partition coefficient (Wildman–Crippen LogP) is 6.45. The van der Waals surface area contributed by atoms with Crippen LogP contribution in [0.2, 0.25) is 15.1 Å². The number of amides is 2. The Morgan fingerprint density at radius 2 is 1.80 bits per heavy atom. The molecule has 1 fully saturated rings. The van der Waals surface area contributed by atoms with Crippen molar-refractivity contribution in [1.29, 1.82) is 0 Å². The molecule has 1 aliphatic carbocycles. The summed E-state index contributed by atoms with van der Waals surface area (Å²) in [7, 11) is 0. The third-order valence-corrected chi connectivity index (χ3v) is 6.69. The zero-order chi connectivity index (χ0) is 22.2. The number of anilines is 1. The van der Waals surface area contributed by atoms with Crippen molar-refractivity contribution in [3.63, 3.8) is 0 Å². The monoisotopic (exact) mass is 510 g/mol. The lowest BCUT2D eigenvalue weighted by atomic mass is 10.1. The van der Waals surface area contributed by atoms with Crippen molar-refractivity contribution in [2.75, 3.05) is 11.9 Å². The summed E-state index contributed by atoms with van der Waals surface area (Å²) in [5, 5.41) is 5.40. The SMILES string of the molecule is CCCNC(=O)c1c(Cl)ccc(NC(=O)[C@H]2[C@H](c3ccc(F)c(Cl)c3)C2(Cl)Cl)c1Cl. The summed E-state index contributed by atoms with van der Waals surface area (Å²) in [6, 6.07) is 6.99. The molecule has 2 aromatic carbocycles. The van der Waals surface area contributed by atoms with Crippen LogP contribution < -0.4 is 10.6 Å². The van der Waals surface area contributed by atoms with E-state index in [1.54, 1.807) is 0 Å². The zero-order valence-corrected chi connectivity index (χ0v) is 19.3. The van der Waals surface area contributed by atoms with Crippen molar-refractivity contribution in [1.82, 2.24) is 5.32 Å². The quantitative estimate of drug-likeness (QED) is 0.437. The fourth-order valence-electron chi connectivity index (χ4n) is 3.17. The molecule has 0 bridgehead atoms. The lowest BCUT2D eigenvalue weighted by Gasteiger charge is -2.13. The average molecular weight is 513 g/mol. The van der Waals surface area contributed by atoms with Crippen molar-refractivity contribution >= 4 is 75.5 Å². The Labute approximate surface area is 198 Å². The maximum atomic E-state index is 13.4. The van der Waals surface area contributed by atoms with Gasteiger partial charge >= 0.3 is 0 Å². The molecule has 0 saturated heterocycles. The molecular weight excluding hydrogens is 496 g/mol. The molecule has 0 radical (unpaired) electrons. The highest BCUT2D eigenvalue weighted by molar-refractivity contribution is 6.53. The highest BCUT2D eigenvalue weighted by Gasteiger charge is 2.67. The molecule has 2 amide bonds. The molecular formula is C20H16Cl5FN2O2. The van der Waals surface area contributed by atoms with E-state index >= 15 is 0 Å². The van der Waals surface area contributed by atoms with E-state index in [1.165, 1.54) is 30.3 Å². The van der Waals surface area contributed by atoms with E-state index < -0.39 is 33.8 Å². The first-order valence-electron chi connectivity index (χ1n) is 8.99. The van der Waals surface area contributed by atoms with Crippen LogP contribution in [0.1, 0.15) is 35.2 Å². The fraction of sp³-hybridized carbons (Fsp3) is 0.300. The lowest BCUT2D eigenvalue weighted by molar-refractivity contribution is -0.117. The molecule has 4 nitrogen and oxygen atoms in total. The van der Waals surface area contributed by atoms with Gasteiger partial charge < -0.3 is 10.6 Å². The van der Waals surface area contributed by atoms with Gasteiger partial charge in [0.1, 0.15) is 10.2 Å². The average Bonchev–Trinajstić information content (AvgIpc) is 3.26. The van der Waals surface area contributed by atoms with Crippen LogP contribution in [0.5, 0.6) is 0 Å². The highest BCUT2D eigenvalue weighted by atomic mass is 35.5. The molecule has 0 aromatic heterocycles. The van der Waals surface area contributed by atoms with E-state index in [0.717, 1.165) is 6.42 Å². The van der Waals surface area contributed by atoms with E-state index in [2.05, 4.69) is 10.6 Å². The van der Waals surface area contributed by atoms with Crippen LogP contribution in [0.15, 0.2) is 30.3 Å². The van der Waals surface area contributed by atoms with Gasteiger partial charge in [-0.2, -0.15) is 0 Å². The van der Waals surface area contributed by atoms with Crippen molar-refractivity contribution in [3.8, 4) is 0 Å². The Kier molecular flexibility index (Phi) is 7.10. The molecule has 30 heavy (non-hydrogen) atoms. The van der Waals surface area contributed by atoms with E-state index in [1.807, 2.05) is 6.92 Å². The minimum Gasteiger partial charge on any atom is -0.352 e. The maximum Gasteiger partial charge on any atom is 0.254 e. The fourth-order valence-corrected chi connectivity index (χ4v) is 4.77. The van der Waals surface area contributed by atoms with Gasteiger partial charge in [-0.15, -0.1) is 23.2 Å². The van der Waals surface area contributed by atoms with Crippen LogP contribution in [0.25, 0.3) is 0 Å². The molecule has 0 aliphatic heterocycles. The van der Waals surface area contributed by atoms with Crippen LogP contribution >= 0.6 is 58.0 Å². The predicted molar refractivity (Wildman–Crippen MR) is 120 cm³/mol. The molecule has 2 N–H and O–H groups in total. The third kappa shape index (κ3) is 4.51. The number of alkyl halides is 2. The van der Waals surface area contributed by atoms with E-state index in [-0.39, 0.29) is 26.3 Å². The molecule has 160 valence electrons. The number of hydrogen-bond donors (Lipinski definition) is 2. The summed E-state index contributed by atoms with van der Waals surface area (Å²) >= 11 is 30.9. The van der Waals surface area contributed by atoms with Gasteiger partial charge in [0.2, 0.25) is 5.91 Å². The van der Waals surface area contributed by atoms with Crippen molar-refractivity contribution < 1.29 is 14.0 Å². The van der Waals surface area contributed by atoms with Gasteiger partial charge in [0.15, 0.2) is 0 Å². The summed E-state index contributed by atoms with van der Waals surface area (Å²) < 4.78 is 12.0. The Hall–Kier alpha value is -1.24. The first kappa shape index (κ1) is 23.4. The largest absolute Gasteiger partial charge is 0.352 e. The van der Waals surface area contributed by atoms with Crippen LogP contribution in [-0.4, -0.2) is 22.7 Å². The number of nitrogens with one attached hydrogen (secondary N) is 2. The van der Waals surface area contributed by atoms with Crippen LogP contribution in [-0.2, 0) is 4.79 Å². The van der Waals surface area contributed by atoms with Gasteiger partial charge in [-0.1, -0.05) is 47.8 Å². The number of rotatable bonds is 6. The first-order valence-corrected chi connectivity index (χ1v) is 10.9. The van der Waals surface area contributed by atoms with Crippen molar-refractivity contribution in [2.45, 2.75) is 23.6 Å². The van der Waals surface area contributed by atoms with Crippen LogP contribution in [0.3, 0.4) is 0 Å². The highest BCUT2D eigenvalue weighted by Crippen LogP contribution is 2.65. The molecule has 0 unspecified atom stereocenters. The smallest absolute Gasteiger partial charge is 0.254 e. The standard InChI is InChI=1S/C20H16Cl5FN2O2/c1-2-7-27-18(29)14-10(21)4-6-13(17(14)23)28-19(30)16-15(20(16,24)25)9-3-5-12(26)11(22)8-9/h3-6,8,15-16H,2,7H2,1H3,(H,27,29)(H,28,30)/t15-,16+/m0/s1. The Morgan fingerprint density at radius 3 is 2.43 bits per heavy atom. The van der Waals surface area contributed by atoms with Crippen molar-refractivity contribution in [3.05, 3.63) is 62.3 Å². The number of halogens is 6. The Bertz CT molecular complexity index is 1010. The van der Waals surface area contributed by atoms with Crippen LogP contribution in [0.4, 0.5) is 10.1 Å². The summed E-state index contributed by atoms with van der Waals surface area (Å²) in [6.45, 7) is 2.36. The van der Waals surface area contributed by atoms with Crippen molar-refractivity contribution in [2.24, 2.45) is 5.92 Å². The zero-order valence-electron chi connectivity index (χ0n) is 15.5. The van der Waals surface area contributed by atoms with E-state index in [4.69, 9.17) is 58.0 Å². The van der Waals surface area contributed by atoms with Gasteiger partial charge in [-0.05, 0) is 36.2 Å². The molecule has 0 heterocycles. The lowest BCUT2D eigenvalue weighted by Crippen LogP contribution is -2.25. The molecule has 2 aromatic rings. The normalized spacial score (nSPS) is 19.3. The topological polar surface area (TPSA) is 58.2 Å². The number of carbonyl (C=O) groups is 2. The molecule has 3 rings (SSSR count). The maximum absolute atomic E-state index is 13.4.